The van der Waals surface area contributed by atoms with Crippen molar-refractivity contribution in [1.82, 2.24) is 30.5 Å². The molecule has 9 heteroatoms. The van der Waals surface area contributed by atoms with Crippen LogP contribution in [0.4, 0.5) is 11.6 Å². The molecule has 3 aromatic heterocycles. The van der Waals surface area contributed by atoms with Crippen molar-refractivity contribution in [1.29, 1.82) is 0 Å². The molecule has 1 aliphatic rings. The van der Waals surface area contributed by atoms with Crippen molar-refractivity contribution < 1.29 is 4.79 Å². The van der Waals surface area contributed by atoms with Crippen LogP contribution in [-0.2, 0) is 4.79 Å². The summed E-state index contributed by atoms with van der Waals surface area (Å²) in [5, 5.41) is 15.2. The number of pyridine rings is 1. The Morgan fingerprint density at radius 3 is 3.03 bits per heavy atom. The fraction of sp³-hybridized carbons (Fsp3) is 0.286. The maximum Gasteiger partial charge on any atom is 0.239 e. The molecular weight excluding hydrogens is 380 g/mol. The molecule has 0 spiro atoms. The molecule has 1 atom stereocenters. The summed E-state index contributed by atoms with van der Waals surface area (Å²) >= 11 is 0. The second kappa shape index (κ2) is 7.25. The molecular formula is C21H22N8O. The van der Waals surface area contributed by atoms with Crippen LogP contribution in [-0.4, -0.2) is 50.7 Å². The van der Waals surface area contributed by atoms with Crippen molar-refractivity contribution in [3.63, 3.8) is 0 Å². The highest BCUT2D eigenvalue weighted by Crippen LogP contribution is 2.32. The Bertz CT molecular complexity index is 1250. The van der Waals surface area contributed by atoms with Gasteiger partial charge in [0.05, 0.1) is 29.7 Å². The summed E-state index contributed by atoms with van der Waals surface area (Å²) in [5.74, 6) is 1.53. The molecule has 1 aromatic carbocycles. The number of aryl methyl sites for hydroxylation is 1. The molecule has 1 saturated heterocycles. The van der Waals surface area contributed by atoms with Gasteiger partial charge in [-0.15, -0.1) is 0 Å². The molecule has 30 heavy (non-hydrogen) atoms. The first kappa shape index (κ1) is 18.3. The van der Waals surface area contributed by atoms with Gasteiger partial charge in [-0.3, -0.25) is 9.89 Å². The number of nitrogens with one attached hydrogen (secondary N) is 3. The molecule has 0 unspecified atom stereocenters. The first-order valence-electron chi connectivity index (χ1n) is 9.92. The molecule has 9 nitrogen and oxygen atoms in total. The van der Waals surface area contributed by atoms with Crippen LogP contribution in [0.25, 0.3) is 21.9 Å². The van der Waals surface area contributed by atoms with Crippen LogP contribution >= 0.6 is 0 Å². The van der Waals surface area contributed by atoms with Crippen molar-refractivity contribution in [3.05, 3.63) is 47.9 Å². The molecule has 0 bridgehead atoms. The number of carbonyl (C=O) groups is 1. The van der Waals surface area contributed by atoms with Crippen LogP contribution in [0.5, 0.6) is 0 Å². The van der Waals surface area contributed by atoms with Crippen LogP contribution in [0.1, 0.15) is 24.1 Å². The fourth-order valence-corrected chi connectivity index (χ4v) is 3.91. The molecule has 4 aromatic rings. The van der Waals surface area contributed by atoms with E-state index >= 15 is 0 Å². The van der Waals surface area contributed by atoms with E-state index in [1.807, 2.05) is 11.0 Å². The van der Waals surface area contributed by atoms with E-state index in [1.165, 1.54) is 6.33 Å². The fourth-order valence-electron chi connectivity index (χ4n) is 3.91. The SMILES string of the molecule is Cc1cccc2cc([C@H](C)Nc3ncnc4[nH]ncc34)c(N3CCNC(=O)C3)nc12. The van der Waals surface area contributed by atoms with Gasteiger partial charge in [0, 0.05) is 24.0 Å². The number of nitrogens with zero attached hydrogens (tertiary/aromatic N) is 5. The third-order valence-corrected chi connectivity index (χ3v) is 5.46. The Balaban J connectivity index is 1.60. The molecule has 1 amide bonds. The average molecular weight is 402 g/mol. The summed E-state index contributed by atoms with van der Waals surface area (Å²) in [7, 11) is 0. The van der Waals surface area contributed by atoms with E-state index in [2.05, 4.69) is 62.8 Å². The maximum absolute atomic E-state index is 12.0. The second-order valence-electron chi connectivity index (χ2n) is 7.54. The summed E-state index contributed by atoms with van der Waals surface area (Å²) < 4.78 is 0. The number of piperazine rings is 1. The van der Waals surface area contributed by atoms with Crippen molar-refractivity contribution in [3.8, 4) is 0 Å². The number of amides is 1. The quantitative estimate of drug-likeness (QED) is 0.480. The number of aromatic amines is 1. The van der Waals surface area contributed by atoms with E-state index in [0.29, 0.717) is 24.6 Å². The first-order chi connectivity index (χ1) is 14.6. The van der Waals surface area contributed by atoms with Gasteiger partial charge < -0.3 is 15.5 Å². The van der Waals surface area contributed by atoms with Crippen LogP contribution in [0.3, 0.4) is 0 Å². The minimum absolute atomic E-state index is 0.00963. The first-order valence-corrected chi connectivity index (χ1v) is 9.92. The van der Waals surface area contributed by atoms with Crippen LogP contribution in [0.15, 0.2) is 36.8 Å². The minimum Gasteiger partial charge on any atom is -0.363 e. The molecule has 4 heterocycles. The van der Waals surface area contributed by atoms with Gasteiger partial charge in [0.2, 0.25) is 5.91 Å². The van der Waals surface area contributed by atoms with Crippen LogP contribution in [0, 0.1) is 6.92 Å². The van der Waals surface area contributed by atoms with Gasteiger partial charge in [0.1, 0.15) is 18.0 Å². The lowest BCUT2D eigenvalue weighted by Gasteiger charge is -2.31. The molecule has 3 N–H and O–H groups in total. The Labute approximate surface area is 172 Å². The Hall–Kier alpha value is -3.75. The van der Waals surface area contributed by atoms with Gasteiger partial charge in [-0.25, -0.2) is 15.0 Å². The van der Waals surface area contributed by atoms with E-state index in [1.54, 1.807) is 6.20 Å². The maximum atomic E-state index is 12.0. The van der Waals surface area contributed by atoms with E-state index in [-0.39, 0.29) is 11.9 Å². The topological polar surface area (TPSA) is 112 Å². The number of para-hydroxylation sites is 1. The van der Waals surface area contributed by atoms with Gasteiger partial charge in [-0.2, -0.15) is 5.10 Å². The van der Waals surface area contributed by atoms with Gasteiger partial charge in [0.15, 0.2) is 5.65 Å². The van der Waals surface area contributed by atoms with Crippen molar-refractivity contribution in [2.45, 2.75) is 19.9 Å². The number of benzene rings is 1. The van der Waals surface area contributed by atoms with Crippen LogP contribution in [0.2, 0.25) is 0 Å². The number of hydrogen-bond acceptors (Lipinski definition) is 7. The zero-order valence-electron chi connectivity index (χ0n) is 16.8. The summed E-state index contributed by atoms with van der Waals surface area (Å²) in [6, 6.07) is 8.21. The Kier molecular flexibility index (Phi) is 4.42. The number of fused-ring (bicyclic) bond motifs is 2. The van der Waals surface area contributed by atoms with E-state index < -0.39 is 0 Å². The average Bonchev–Trinajstić information content (AvgIpc) is 3.23. The number of hydrogen-bond donors (Lipinski definition) is 3. The summed E-state index contributed by atoms with van der Waals surface area (Å²) in [4.78, 5) is 27.7. The van der Waals surface area contributed by atoms with Gasteiger partial charge in [-0.05, 0) is 25.5 Å². The standard InChI is InChI=1S/C21H22N8O/c1-12-4-3-5-14-8-15(21(27-18(12)14)29-7-6-22-17(30)10-29)13(2)26-19-16-9-25-28-20(16)24-11-23-19/h3-5,8-9,11,13H,6-7,10H2,1-2H3,(H,22,30)(H2,23,24,25,26,28)/t13-/m0/s1. The smallest absolute Gasteiger partial charge is 0.239 e. The predicted octanol–water partition coefficient (Wildman–Crippen LogP) is 2.32. The highest BCUT2D eigenvalue weighted by molar-refractivity contribution is 5.88. The number of rotatable bonds is 4. The van der Waals surface area contributed by atoms with Gasteiger partial charge in [0.25, 0.3) is 0 Å². The van der Waals surface area contributed by atoms with E-state index in [4.69, 9.17) is 4.98 Å². The summed E-state index contributed by atoms with van der Waals surface area (Å²) in [6.45, 7) is 5.74. The predicted molar refractivity (Wildman–Crippen MR) is 115 cm³/mol. The third-order valence-electron chi connectivity index (χ3n) is 5.46. The van der Waals surface area contributed by atoms with E-state index in [0.717, 1.165) is 39.8 Å². The lowest BCUT2D eigenvalue weighted by atomic mass is 10.0. The van der Waals surface area contributed by atoms with Crippen molar-refractivity contribution in [2.24, 2.45) is 0 Å². The molecule has 152 valence electrons. The summed E-state index contributed by atoms with van der Waals surface area (Å²) in [6.07, 6.45) is 3.22. The Morgan fingerprint density at radius 2 is 2.17 bits per heavy atom. The molecule has 0 saturated carbocycles. The highest BCUT2D eigenvalue weighted by atomic mass is 16.2. The molecule has 0 aliphatic carbocycles. The highest BCUT2D eigenvalue weighted by Gasteiger charge is 2.24. The minimum atomic E-state index is -0.101. The zero-order valence-corrected chi connectivity index (χ0v) is 16.8. The Morgan fingerprint density at radius 1 is 1.27 bits per heavy atom. The lowest BCUT2D eigenvalue weighted by Crippen LogP contribution is -2.48. The van der Waals surface area contributed by atoms with Gasteiger partial charge >= 0.3 is 0 Å². The van der Waals surface area contributed by atoms with Gasteiger partial charge in [-0.1, -0.05) is 18.2 Å². The second-order valence-corrected chi connectivity index (χ2v) is 7.54. The molecule has 1 fully saturated rings. The number of H-pyrrole nitrogens is 1. The van der Waals surface area contributed by atoms with Crippen molar-refractivity contribution in [2.75, 3.05) is 29.9 Å². The molecule has 0 radical (unpaired) electrons. The van der Waals surface area contributed by atoms with Crippen LogP contribution < -0.4 is 15.5 Å². The zero-order chi connectivity index (χ0) is 20.7. The number of carbonyl (C=O) groups excluding carboxylic acids is 1. The molecule has 1 aliphatic heterocycles. The monoisotopic (exact) mass is 402 g/mol. The molecule has 5 rings (SSSR count). The number of aromatic nitrogens is 5. The normalized spacial score (nSPS) is 15.4. The van der Waals surface area contributed by atoms with Crippen molar-refractivity contribution >= 4 is 39.5 Å². The third kappa shape index (κ3) is 3.18. The lowest BCUT2D eigenvalue weighted by molar-refractivity contribution is -0.120. The number of anilines is 2. The largest absolute Gasteiger partial charge is 0.363 e. The van der Waals surface area contributed by atoms with E-state index in [9.17, 15) is 4.79 Å². The summed E-state index contributed by atoms with van der Waals surface area (Å²) in [5.41, 5.74) is 3.75.